The molecular weight excluding hydrogens is 360 g/mol. The van der Waals surface area contributed by atoms with Crippen LogP contribution in [0.15, 0.2) is 40.0 Å². The average Bonchev–Trinajstić information content (AvgIpc) is 3.16. The SMILES string of the molecule is CC(C)(C)OC(=O)N[C@H](c1noc([C@H]2CC(c3ccccc3)=NO2)n1)C1CC1. The smallest absolute Gasteiger partial charge is 0.408 e. The van der Waals surface area contributed by atoms with E-state index in [4.69, 9.17) is 14.1 Å². The molecule has 148 valence electrons. The normalized spacial score (nSPS) is 20.2. The third-order valence-electron chi connectivity index (χ3n) is 4.55. The summed E-state index contributed by atoms with van der Waals surface area (Å²) in [4.78, 5) is 22.2. The van der Waals surface area contributed by atoms with Crippen LogP contribution in [0, 0.1) is 5.92 Å². The third kappa shape index (κ3) is 4.32. The standard InChI is InChI=1S/C20H24N4O4/c1-20(2,3)26-19(25)21-16(13-9-10-13)17-22-18(28-24-17)15-11-14(23-27-15)12-7-5-4-6-8-12/h4-8,13,15-16H,9-11H2,1-3H3,(H,21,25)/t15-,16+/m1/s1. The second-order valence-electron chi connectivity index (χ2n) is 8.15. The maximum Gasteiger partial charge on any atom is 0.408 e. The number of hydrogen-bond acceptors (Lipinski definition) is 7. The second kappa shape index (κ2) is 7.26. The number of aromatic nitrogens is 2. The molecule has 1 aromatic heterocycles. The lowest BCUT2D eigenvalue weighted by atomic mass is 10.1. The Morgan fingerprint density at radius 1 is 1.25 bits per heavy atom. The first-order chi connectivity index (χ1) is 13.4. The summed E-state index contributed by atoms with van der Waals surface area (Å²) in [7, 11) is 0. The van der Waals surface area contributed by atoms with Gasteiger partial charge in [-0.15, -0.1) is 0 Å². The molecule has 1 N–H and O–H groups in total. The quantitative estimate of drug-likeness (QED) is 0.839. The first-order valence-corrected chi connectivity index (χ1v) is 9.50. The second-order valence-corrected chi connectivity index (χ2v) is 8.15. The largest absolute Gasteiger partial charge is 0.444 e. The number of ether oxygens (including phenoxy) is 1. The van der Waals surface area contributed by atoms with Crippen LogP contribution in [0.25, 0.3) is 0 Å². The number of nitrogens with one attached hydrogen (secondary N) is 1. The number of carbonyl (C=O) groups is 1. The summed E-state index contributed by atoms with van der Waals surface area (Å²) >= 11 is 0. The Labute approximate surface area is 163 Å². The molecule has 2 heterocycles. The molecule has 28 heavy (non-hydrogen) atoms. The van der Waals surface area contributed by atoms with Crippen LogP contribution < -0.4 is 5.32 Å². The van der Waals surface area contributed by atoms with Gasteiger partial charge in [0.2, 0.25) is 6.10 Å². The van der Waals surface area contributed by atoms with Crippen LogP contribution in [0.1, 0.15) is 69.5 Å². The minimum absolute atomic E-state index is 0.290. The van der Waals surface area contributed by atoms with Gasteiger partial charge in [-0.3, -0.25) is 0 Å². The van der Waals surface area contributed by atoms with E-state index < -0.39 is 17.8 Å². The van der Waals surface area contributed by atoms with Gasteiger partial charge in [0, 0.05) is 6.42 Å². The summed E-state index contributed by atoms with van der Waals surface area (Å²) in [5.74, 6) is 1.10. The van der Waals surface area contributed by atoms with Gasteiger partial charge in [0.15, 0.2) is 5.82 Å². The highest BCUT2D eigenvalue weighted by atomic mass is 16.7. The van der Waals surface area contributed by atoms with Gasteiger partial charge in [0.05, 0.1) is 11.8 Å². The fourth-order valence-corrected chi connectivity index (χ4v) is 3.07. The molecule has 2 aliphatic rings. The first-order valence-electron chi connectivity index (χ1n) is 9.50. The number of alkyl carbamates (subject to hydrolysis) is 1. The Morgan fingerprint density at radius 3 is 2.68 bits per heavy atom. The van der Waals surface area contributed by atoms with E-state index in [1.54, 1.807) is 0 Å². The molecule has 1 aromatic carbocycles. The molecule has 4 rings (SSSR count). The Bertz CT molecular complexity index is 868. The molecule has 1 saturated carbocycles. The molecule has 0 bridgehead atoms. The number of nitrogens with zero attached hydrogens (tertiary/aromatic N) is 3. The van der Waals surface area contributed by atoms with Crippen molar-refractivity contribution in [2.45, 2.75) is 57.8 Å². The molecule has 2 atom stereocenters. The van der Waals surface area contributed by atoms with E-state index in [1.807, 2.05) is 51.1 Å². The highest BCUT2D eigenvalue weighted by Crippen LogP contribution is 2.41. The topological polar surface area (TPSA) is 98.8 Å². The van der Waals surface area contributed by atoms with Crippen LogP contribution in [0.3, 0.4) is 0 Å². The Kier molecular flexibility index (Phi) is 4.78. The van der Waals surface area contributed by atoms with Gasteiger partial charge in [-0.2, -0.15) is 4.98 Å². The zero-order chi connectivity index (χ0) is 19.7. The first kappa shape index (κ1) is 18.5. The van der Waals surface area contributed by atoms with Crippen molar-refractivity contribution in [1.82, 2.24) is 15.5 Å². The minimum Gasteiger partial charge on any atom is -0.444 e. The zero-order valence-electron chi connectivity index (χ0n) is 16.2. The highest BCUT2D eigenvalue weighted by molar-refractivity contribution is 6.01. The van der Waals surface area contributed by atoms with E-state index in [0.29, 0.717) is 24.1 Å². The maximum absolute atomic E-state index is 12.2. The molecule has 0 spiro atoms. The van der Waals surface area contributed by atoms with Crippen molar-refractivity contribution in [1.29, 1.82) is 0 Å². The number of benzene rings is 1. The highest BCUT2D eigenvalue weighted by Gasteiger charge is 2.39. The number of oxime groups is 1. The number of amides is 1. The molecule has 8 heteroatoms. The number of rotatable bonds is 5. The van der Waals surface area contributed by atoms with Gasteiger partial charge in [-0.05, 0) is 45.1 Å². The molecule has 1 fully saturated rings. The molecular formula is C20H24N4O4. The Morgan fingerprint density at radius 2 is 2.00 bits per heavy atom. The van der Waals surface area contributed by atoms with Crippen molar-refractivity contribution in [3.8, 4) is 0 Å². The van der Waals surface area contributed by atoms with E-state index in [9.17, 15) is 4.79 Å². The molecule has 1 aliphatic heterocycles. The van der Waals surface area contributed by atoms with Gasteiger partial charge < -0.3 is 19.4 Å². The van der Waals surface area contributed by atoms with Gasteiger partial charge in [-0.25, -0.2) is 4.79 Å². The van der Waals surface area contributed by atoms with Crippen molar-refractivity contribution < 1.29 is 18.9 Å². The van der Waals surface area contributed by atoms with Crippen LogP contribution in [0.2, 0.25) is 0 Å². The molecule has 0 radical (unpaired) electrons. The van der Waals surface area contributed by atoms with Crippen LogP contribution in [0.5, 0.6) is 0 Å². The van der Waals surface area contributed by atoms with Crippen LogP contribution in [0.4, 0.5) is 4.79 Å². The predicted octanol–water partition coefficient (Wildman–Crippen LogP) is 3.91. The van der Waals surface area contributed by atoms with Crippen molar-refractivity contribution in [3.05, 3.63) is 47.6 Å². The van der Waals surface area contributed by atoms with Crippen LogP contribution in [-0.4, -0.2) is 27.5 Å². The van der Waals surface area contributed by atoms with E-state index in [-0.39, 0.29) is 6.04 Å². The summed E-state index contributed by atoms with van der Waals surface area (Å²) in [5.41, 5.74) is 1.28. The molecule has 1 amide bonds. The lowest BCUT2D eigenvalue weighted by Crippen LogP contribution is -2.36. The summed E-state index contributed by atoms with van der Waals surface area (Å²) in [6.45, 7) is 5.48. The molecule has 0 unspecified atom stereocenters. The van der Waals surface area contributed by atoms with Crippen LogP contribution >= 0.6 is 0 Å². The summed E-state index contributed by atoms with van der Waals surface area (Å²) in [5, 5.41) is 11.1. The fraction of sp³-hybridized carbons (Fsp3) is 0.500. The number of hydrogen-bond donors (Lipinski definition) is 1. The lowest BCUT2D eigenvalue weighted by molar-refractivity contribution is 0.0493. The van der Waals surface area contributed by atoms with Gasteiger partial charge in [0.25, 0.3) is 5.89 Å². The van der Waals surface area contributed by atoms with Crippen molar-refractivity contribution >= 4 is 11.8 Å². The summed E-state index contributed by atoms with van der Waals surface area (Å²) in [6.07, 6.45) is 1.66. The maximum atomic E-state index is 12.2. The van der Waals surface area contributed by atoms with Gasteiger partial charge in [0.1, 0.15) is 5.60 Å². The van der Waals surface area contributed by atoms with E-state index >= 15 is 0 Å². The minimum atomic E-state index is -0.566. The predicted molar refractivity (Wildman–Crippen MR) is 101 cm³/mol. The summed E-state index contributed by atoms with van der Waals surface area (Å²) < 4.78 is 10.8. The van der Waals surface area contributed by atoms with E-state index in [0.717, 1.165) is 24.1 Å². The van der Waals surface area contributed by atoms with Crippen molar-refractivity contribution in [2.24, 2.45) is 11.1 Å². The Balaban J connectivity index is 1.42. The fourth-order valence-electron chi connectivity index (χ4n) is 3.07. The van der Waals surface area contributed by atoms with E-state index in [2.05, 4.69) is 20.6 Å². The number of carbonyl (C=O) groups excluding carboxylic acids is 1. The van der Waals surface area contributed by atoms with Gasteiger partial charge in [-0.1, -0.05) is 40.6 Å². The third-order valence-corrected chi connectivity index (χ3v) is 4.55. The van der Waals surface area contributed by atoms with Crippen molar-refractivity contribution in [3.63, 3.8) is 0 Å². The molecule has 1 aliphatic carbocycles. The summed E-state index contributed by atoms with van der Waals surface area (Å²) in [6, 6.07) is 9.51. The van der Waals surface area contributed by atoms with Gasteiger partial charge >= 0.3 is 6.09 Å². The molecule has 0 saturated heterocycles. The Hall–Kier alpha value is -2.90. The zero-order valence-corrected chi connectivity index (χ0v) is 16.2. The molecule has 8 nitrogen and oxygen atoms in total. The van der Waals surface area contributed by atoms with Crippen molar-refractivity contribution in [2.75, 3.05) is 0 Å². The monoisotopic (exact) mass is 384 g/mol. The van der Waals surface area contributed by atoms with Crippen LogP contribution in [-0.2, 0) is 9.57 Å². The lowest BCUT2D eigenvalue weighted by Gasteiger charge is -2.22. The molecule has 2 aromatic rings. The van der Waals surface area contributed by atoms with E-state index in [1.165, 1.54) is 0 Å². The average molecular weight is 384 g/mol.